The van der Waals surface area contributed by atoms with Crippen molar-refractivity contribution in [1.82, 2.24) is 10.6 Å². The van der Waals surface area contributed by atoms with E-state index >= 15 is 0 Å². The fourth-order valence-corrected chi connectivity index (χ4v) is 2.46. The van der Waals surface area contributed by atoms with Crippen LogP contribution in [0.2, 0.25) is 0 Å². The molecule has 0 radical (unpaired) electrons. The number of urea groups is 1. The number of unbranched alkanes of at least 4 members (excludes halogenated alkanes) is 1. The van der Waals surface area contributed by atoms with E-state index in [-0.39, 0.29) is 11.4 Å². The highest BCUT2D eigenvalue weighted by molar-refractivity contribution is 5.73. The van der Waals surface area contributed by atoms with Crippen LogP contribution in [0.4, 0.5) is 4.79 Å². The summed E-state index contributed by atoms with van der Waals surface area (Å²) < 4.78 is 0. The Morgan fingerprint density at radius 2 is 1.94 bits per heavy atom. The van der Waals surface area contributed by atoms with Crippen molar-refractivity contribution in [3.8, 4) is 0 Å². The number of rotatable bonds is 6. The van der Waals surface area contributed by atoms with Gasteiger partial charge in [0.25, 0.3) is 0 Å². The minimum Gasteiger partial charge on any atom is -0.338 e. The highest BCUT2D eigenvalue weighted by Crippen LogP contribution is 2.34. The second kappa shape index (κ2) is 7.54. The standard InChI is InChI=1S/C13H27N3O/c1-2-3-9-15-12(17)16-11-13(10-14)7-5-4-6-8-13/h2-11,14H2,1H3,(H2,15,16,17). The Labute approximate surface area is 105 Å². The fourth-order valence-electron chi connectivity index (χ4n) is 2.46. The van der Waals surface area contributed by atoms with Gasteiger partial charge >= 0.3 is 6.03 Å². The Balaban J connectivity index is 2.24. The maximum atomic E-state index is 11.6. The summed E-state index contributed by atoms with van der Waals surface area (Å²) in [4.78, 5) is 11.6. The summed E-state index contributed by atoms with van der Waals surface area (Å²) in [5, 5.41) is 5.85. The van der Waals surface area contributed by atoms with Crippen LogP contribution in [-0.2, 0) is 0 Å². The van der Waals surface area contributed by atoms with Crippen molar-refractivity contribution in [2.75, 3.05) is 19.6 Å². The van der Waals surface area contributed by atoms with Gasteiger partial charge in [0.15, 0.2) is 0 Å². The molecular weight excluding hydrogens is 214 g/mol. The molecular formula is C13H27N3O. The predicted molar refractivity (Wildman–Crippen MR) is 70.9 cm³/mol. The second-order valence-electron chi connectivity index (χ2n) is 5.23. The van der Waals surface area contributed by atoms with E-state index in [0.717, 1.165) is 38.8 Å². The quantitative estimate of drug-likeness (QED) is 0.623. The lowest BCUT2D eigenvalue weighted by Crippen LogP contribution is -2.46. The van der Waals surface area contributed by atoms with Crippen LogP contribution in [0.1, 0.15) is 51.9 Å². The van der Waals surface area contributed by atoms with Crippen LogP contribution in [-0.4, -0.2) is 25.7 Å². The minimum atomic E-state index is -0.0446. The zero-order valence-electron chi connectivity index (χ0n) is 11.1. The number of nitrogens with one attached hydrogen (secondary N) is 2. The molecule has 0 spiro atoms. The smallest absolute Gasteiger partial charge is 0.314 e. The molecule has 4 N–H and O–H groups in total. The number of amides is 2. The molecule has 2 amide bonds. The van der Waals surface area contributed by atoms with Gasteiger partial charge in [-0.05, 0) is 25.8 Å². The van der Waals surface area contributed by atoms with Crippen molar-refractivity contribution >= 4 is 6.03 Å². The number of carbonyl (C=O) groups excluding carboxylic acids is 1. The maximum Gasteiger partial charge on any atom is 0.314 e. The first-order valence-electron chi connectivity index (χ1n) is 6.94. The molecule has 0 heterocycles. The molecule has 0 aromatic heterocycles. The first-order chi connectivity index (χ1) is 8.22. The van der Waals surface area contributed by atoms with Gasteiger partial charge in [-0.15, -0.1) is 0 Å². The Morgan fingerprint density at radius 1 is 1.24 bits per heavy atom. The molecule has 1 aliphatic carbocycles. The van der Waals surface area contributed by atoms with Crippen LogP contribution >= 0.6 is 0 Å². The summed E-state index contributed by atoms with van der Waals surface area (Å²) in [6, 6.07) is -0.0446. The monoisotopic (exact) mass is 241 g/mol. The van der Waals surface area contributed by atoms with Gasteiger partial charge in [-0.25, -0.2) is 4.79 Å². The molecule has 0 aromatic carbocycles. The maximum absolute atomic E-state index is 11.6. The molecule has 0 aliphatic heterocycles. The summed E-state index contributed by atoms with van der Waals surface area (Å²) in [5.41, 5.74) is 6.03. The fraction of sp³-hybridized carbons (Fsp3) is 0.923. The molecule has 17 heavy (non-hydrogen) atoms. The van der Waals surface area contributed by atoms with Crippen molar-refractivity contribution in [2.45, 2.75) is 51.9 Å². The summed E-state index contributed by atoms with van der Waals surface area (Å²) in [5.74, 6) is 0. The van der Waals surface area contributed by atoms with E-state index in [1.54, 1.807) is 0 Å². The molecule has 1 fully saturated rings. The molecule has 0 aromatic rings. The number of hydrogen-bond donors (Lipinski definition) is 3. The van der Waals surface area contributed by atoms with Gasteiger partial charge in [-0.3, -0.25) is 0 Å². The average Bonchev–Trinajstić information content (AvgIpc) is 2.38. The van der Waals surface area contributed by atoms with Crippen LogP contribution in [0.3, 0.4) is 0 Å². The van der Waals surface area contributed by atoms with E-state index in [4.69, 9.17) is 5.73 Å². The zero-order chi connectivity index (χ0) is 12.6. The van der Waals surface area contributed by atoms with Crippen LogP contribution in [0.5, 0.6) is 0 Å². The molecule has 0 atom stereocenters. The summed E-state index contributed by atoms with van der Waals surface area (Å²) in [6.07, 6.45) is 8.25. The highest BCUT2D eigenvalue weighted by atomic mass is 16.2. The van der Waals surface area contributed by atoms with E-state index in [2.05, 4.69) is 17.6 Å². The predicted octanol–water partition coefficient (Wildman–Crippen LogP) is 1.99. The molecule has 0 saturated heterocycles. The van der Waals surface area contributed by atoms with Crippen molar-refractivity contribution in [3.05, 3.63) is 0 Å². The summed E-state index contributed by atoms with van der Waals surface area (Å²) in [7, 11) is 0. The van der Waals surface area contributed by atoms with Crippen LogP contribution in [0.25, 0.3) is 0 Å². The van der Waals surface area contributed by atoms with E-state index in [9.17, 15) is 4.79 Å². The van der Waals surface area contributed by atoms with Gasteiger partial charge in [0.2, 0.25) is 0 Å². The Hall–Kier alpha value is -0.770. The van der Waals surface area contributed by atoms with Gasteiger partial charge in [0.05, 0.1) is 0 Å². The summed E-state index contributed by atoms with van der Waals surface area (Å²) >= 11 is 0. The molecule has 4 heteroatoms. The average molecular weight is 241 g/mol. The molecule has 4 nitrogen and oxygen atoms in total. The third kappa shape index (κ3) is 4.94. The van der Waals surface area contributed by atoms with Crippen molar-refractivity contribution in [1.29, 1.82) is 0 Å². The molecule has 1 aliphatic rings. The topological polar surface area (TPSA) is 67.2 Å². The minimum absolute atomic E-state index is 0.0446. The van der Waals surface area contributed by atoms with Gasteiger partial charge in [0.1, 0.15) is 0 Å². The van der Waals surface area contributed by atoms with Crippen LogP contribution in [0.15, 0.2) is 0 Å². The lowest BCUT2D eigenvalue weighted by molar-refractivity contribution is 0.187. The lowest BCUT2D eigenvalue weighted by Gasteiger charge is -2.36. The molecule has 1 saturated carbocycles. The molecule has 0 unspecified atom stereocenters. The zero-order valence-corrected chi connectivity index (χ0v) is 11.1. The SMILES string of the molecule is CCCCNC(=O)NCC1(CN)CCCCC1. The lowest BCUT2D eigenvalue weighted by atomic mass is 9.74. The Kier molecular flexibility index (Phi) is 6.34. The third-order valence-corrected chi connectivity index (χ3v) is 3.79. The molecule has 100 valence electrons. The first kappa shape index (κ1) is 14.3. The van der Waals surface area contributed by atoms with Gasteiger partial charge in [0, 0.05) is 18.5 Å². The highest BCUT2D eigenvalue weighted by Gasteiger charge is 2.30. The largest absolute Gasteiger partial charge is 0.338 e. The Bertz CT molecular complexity index is 225. The second-order valence-corrected chi connectivity index (χ2v) is 5.23. The van der Waals surface area contributed by atoms with E-state index in [1.165, 1.54) is 19.3 Å². The number of carbonyl (C=O) groups is 1. The van der Waals surface area contributed by atoms with Crippen molar-refractivity contribution < 1.29 is 4.79 Å². The van der Waals surface area contributed by atoms with E-state index in [0.29, 0.717) is 6.54 Å². The van der Waals surface area contributed by atoms with E-state index in [1.807, 2.05) is 0 Å². The van der Waals surface area contributed by atoms with Gasteiger partial charge < -0.3 is 16.4 Å². The third-order valence-electron chi connectivity index (χ3n) is 3.79. The number of hydrogen-bond acceptors (Lipinski definition) is 2. The number of nitrogens with two attached hydrogens (primary N) is 1. The van der Waals surface area contributed by atoms with Crippen molar-refractivity contribution in [2.24, 2.45) is 11.1 Å². The van der Waals surface area contributed by atoms with Gasteiger partial charge in [-0.1, -0.05) is 32.6 Å². The van der Waals surface area contributed by atoms with E-state index < -0.39 is 0 Å². The van der Waals surface area contributed by atoms with Gasteiger partial charge in [-0.2, -0.15) is 0 Å². The molecule has 0 bridgehead atoms. The normalized spacial score (nSPS) is 18.7. The Morgan fingerprint density at radius 3 is 2.53 bits per heavy atom. The van der Waals surface area contributed by atoms with Crippen molar-refractivity contribution in [3.63, 3.8) is 0 Å². The molecule has 1 rings (SSSR count). The first-order valence-corrected chi connectivity index (χ1v) is 6.94. The van der Waals surface area contributed by atoms with Crippen LogP contribution in [0, 0.1) is 5.41 Å². The van der Waals surface area contributed by atoms with Crippen LogP contribution < -0.4 is 16.4 Å². The summed E-state index contributed by atoms with van der Waals surface area (Å²) in [6.45, 7) is 4.28.